The number of aryl methyl sites for hydroxylation is 1. The Morgan fingerprint density at radius 3 is 2.92 bits per heavy atom. The molecule has 1 fully saturated rings. The lowest BCUT2D eigenvalue weighted by Gasteiger charge is -2.33. The number of hydrogen-bond acceptors (Lipinski definition) is 5. The van der Waals surface area contributed by atoms with Crippen molar-refractivity contribution in [1.82, 2.24) is 20.4 Å². The third-order valence-corrected chi connectivity index (χ3v) is 4.89. The van der Waals surface area contributed by atoms with Crippen molar-refractivity contribution in [2.45, 2.75) is 45.6 Å². The van der Waals surface area contributed by atoms with Crippen molar-refractivity contribution in [3.63, 3.8) is 0 Å². The van der Waals surface area contributed by atoms with Crippen molar-refractivity contribution >= 4 is 5.91 Å². The monoisotopic (exact) mass is 342 g/mol. The predicted molar refractivity (Wildman–Crippen MR) is 96.3 cm³/mol. The van der Waals surface area contributed by atoms with E-state index in [9.17, 15) is 4.79 Å². The summed E-state index contributed by atoms with van der Waals surface area (Å²) >= 11 is 0. The summed E-state index contributed by atoms with van der Waals surface area (Å²) in [5.74, 6) is 0.409. The Morgan fingerprint density at radius 1 is 1.36 bits per heavy atom. The molecule has 0 aromatic carbocycles. The van der Waals surface area contributed by atoms with Crippen LogP contribution in [-0.4, -0.2) is 46.6 Å². The number of piperidine rings is 1. The quantitative estimate of drug-likeness (QED) is 0.817. The van der Waals surface area contributed by atoms with Gasteiger partial charge >= 0.3 is 0 Å². The standard InChI is InChI=1S/C19H26N4O2/c1-14-6-3-4-12-23(14)13-5-9-21-19(24)17-15(2)25-22-18(17)16-7-10-20-11-8-16/h7-8,10-11,14H,3-6,9,12-13H2,1-2H3,(H,21,24)/t14-/m1/s1. The van der Waals surface area contributed by atoms with Gasteiger partial charge in [-0.25, -0.2) is 0 Å². The fourth-order valence-electron chi connectivity index (χ4n) is 3.41. The van der Waals surface area contributed by atoms with Crippen LogP contribution in [0.2, 0.25) is 0 Å². The van der Waals surface area contributed by atoms with Gasteiger partial charge in [0.2, 0.25) is 0 Å². The van der Waals surface area contributed by atoms with Crippen molar-refractivity contribution in [3.8, 4) is 11.3 Å². The lowest BCUT2D eigenvalue weighted by Crippen LogP contribution is -2.39. The first kappa shape index (κ1) is 17.6. The molecule has 0 saturated carbocycles. The summed E-state index contributed by atoms with van der Waals surface area (Å²) in [5.41, 5.74) is 1.92. The zero-order valence-electron chi connectivity index (χ0n) is 15.0. The molecule has 1 atom stereocenters. The number of aromatic nitrogens is 2. The molecule has 1 amide bonds. The van der Waals surface area contributed by atoms with Gasteiger partial charge in [0.1, 0.15) is 17.0 Å². The van der Waals surface area contributed by atoms with Crippen LogP contribution in [0, 0.1) is 6.92 Å². The second-order valence-corrected chi connectivity index (χ2v) is 6.69. The maximum absolute atomic E-state index is 12.6. The zero-order chi connectivity index (χ0) is 17.6. The fourth-order valence-corrected chi connectivity index (χ4v) is 3.41. The van der Waals surface area contributed by atoms with Gasteiger partial charge in [-0.05, 0) is 51.8 Å². The first-order valence-electron chi connectivity index (χ1n) is 9.05. The smallest absolute Gasteiger partial charge is 0.257 e. The molecule has 2 aromatic heterocycles. The van der Waals surface area contributed by atoms with Gasteiger partial charge in [0.15, 0.2) is 0 Å². The van der Waals surface area contributed by atoms with Gasteiger partial charge in [0, 0.05) is 37.1 Å². The summed E-state index contributed by atoms with van der Waals surface area (Å²) in [4.78, 5) is 19.1. The van der Waals surface area contributed by atoms with Crippen molar-refractivity contribution in [1.29, 1.82) is 0 Å². The van der Waals surface area contributed by atoms with Crippen LogP contribution in [0.3, 0.4) is 0 Å². The van der Waals surface area contributed by atoms with E-state index in [1.54, 1.807) is 19.3 Å². The van der Waals surface area contributed by atoms with E-state index in [2.05, 4.69) is 27.3 Å². The summed E-state index contributed by atoms with van der Waals surface area (Å²) < 4.78 is 5.25. The minimum atomic E-state index is -0.128. The molecule has 1 N–H and O–H groups in total. The minimum Gasteiger partial charge on any atom is -0.360 e. The summed E-state index contributed by atoms with van der Waals surface area (Å²) in [6.45, 7) is 6.91. The molecule has 0 spiro atoms. The minimum absolute atomic E-state index is 0.128. The van der Waals surface area contributed by atoms with Crippen LogP contribution >= 0.6 is 0 Å². The molecular weight excluding hydrogens is 316 g/mol. The average Bonchev–Trinajstić information content (AvgIpc) is 3.02. The van der Waals surface area contributed by atoms with E-state index in [-0.39, 0.29) is 5.91 Å². The molecule has 0 bridgehead atoms. The van der Waals surface area contributed by atoms with Gasteiger partial charge in [-0.15, -0.1) is 0 Å². The number of rotatable bonds is 6. The Labute approximate surface area is 148 Å². The maximum atomic E-state index is 12.6. The van der Waals surface area contributed by atoms with E-state index in [0.29, 0.717) is 29.6 Å². The molecule has 6 nitrogen and oxygen atoms in total. The molecule has 0 radical (unpaired) electrons. The molecule has 134 valence electrons. The highest BCUT2D eigenvalue weighted by atomic mass is 16.5. The molecule has 2 aromatic rings. The number of carbonyl (C=O) groups is 1. The highest BCUT2D eigenvalue weighted by molar-refractivity contribution is 6.00. The van der Waals surface area contributed by atoms with E-state index in [1.807, 2.05) is 12.1 Å². The Bertz CT molecular complexity index is 699. The summed E-state index contributed by atoms with van der Waals surface area (Å²) in [6, 6.07) is 4.31. The summed E-state index contributed by atoms with van der Waals surface area (Å²) in [6.07, 6.45) is 8.21. The largest absolute Gasteiger partial charge is 0.360 e. The zero-order valence-corrected chi connectivity index (χ0v) is 15.0. The maximum Gasteiger partial charge on any atom is 0.257 e. The number of carbonyl (C=O) groups excluding carboxylic acids is 1. The van der Waals surface area contributed by atoms with E-state index in [0.717, 1.165) is 18.5 Å². The highest BCUT2D eigenvalue weighted by Gasteiger charge is 2.22. The molecule has 1 aliphatic heterocycles. The summed E-state index contributed by atoms with van der Waals surface area (Å²) in [7, 11) is 0. The van der Waals surface area contributed by atoms with Gasteiger partial charge in [-0.3, -0.25) is 9.78 Å². The van der Waals surface area contributed by atoms with Crippen LogP contribution < -0.4 is 5.32 Å². The van der Waals surface area contributed by atoms with Gasteiger partial charge in [-0.1, -0.05) is 11.6 Å². The van der Waals surface area contributed by atoms with Crippen molar-refractivity contribution < 1.29 is 9.32 Å². The van der Waals surface area contributed by atoms with Crippen LogP contribution in [0.5, 0.6) is 0 Å². The number of hydrogen-bond donors (Lipinski definition) is 1. The second kappa shape index (κ2) is 8.25. The number of pyridine rings is 1. The number of nitrogens with zero attached hydrogens (tertiary/aromatic N) is 3. The Balaban J connectivity index is 1.56. The topological polar surface area (TPSA) is 71.3 Å². The Hall–Kier alpha value is -2.21. The van der Waals surface area contributed by atoms with Gasteiger partial charge in [0.05, 0.1) is 0 Å². The lowest BCUT2D eigenvalue weighted by molar-refractivity contribution is 0.0948. The van der Waals surface area contributed by atoms with Crippen LogP contribution in [0.15, 0.2) is 29.0 Å². The first-order chi connectivity index (χ1) is 12.2. The van der Waals surface area contributed by atoms with Gasteiger partial charge in [0.25, 0.3) is 5.91 Å². The van der Waals surface area contributed by atoms with Crippen molar-refractivity contribution in [2.75, 3.05) is 19.6 Å². The van der Waals surface area contributed by atoms with Gasteiger partial charge < -0.3 is 14.7 Å². The molecular formula is C19H26N4O2. The molecule has 25 heavy (non-hydrogen) atoms. The lowest BCUT2D eigenvalue weighted by atomic mass is 10.0. The SMILES string of the molecule is Cc1onc(-c2ccncc2)c1C(=O)NCCCN1CCCC[C@H]1C. The molecule has 3 rings (SSSR count). The van der Waals surface area contributed by atoms with Crippen LogP contribution in [0.4, 0.5) is 0 Å². The number of nitrogens with one attached hydrogen (secondary N) is 1. The van der Waals surface area contributed by atoms with Crippen molar-refractivity contribution in [2.24, 2.45) is 0 Å². The normalized spacial score (nSPS) is 18.2. The van der Waals surface area contributed by atoms with E-state index >= 15 is 0 Å². The molecule has 6 heteroatoms. The third-order valence-electron chi connectivity index (χ3n) is 4.89. The molecule has 0 aliphatic carbocycles. The summed E-state index contributed by atoms with van der Waals surface area (Å²) in [5, 5.41) is 7.06. The number of amides is 1. The Kier molecular flexibility index (Phi) is 5.81. The Morgan fingerprint density at radius 2 is 2.16 bits per heavy atom. The van der Waals surface area contributed by atoms with Crippen molar-refractivity contribution in [3.05, 3.63) is 35.9 Å². The number of likely N-dealkylation sites (tertiary alicyclic amines) is 1. The second-order valence-electron chi connectivity index (χ2n) is 6.69. The van der Waals surface area contributed by atoms with Crippen LogP contribution in [-0.2, 0) is 0 Å². The molecule has 3 heterocycles. The van der Waals surface area contributed by atoms with E-state index < -0.39 is 0 Å². The van der Waals surface area contributed by atoms with Gasteiger partial charge in [-0.2, -0.15) is 0 Å². The average molecular weight is 342 g/mol. The van der Waals surface area contributed by atoms with Crippen LogP contribution in [0.1, 0.15) is 48.7 Å². The third kappa shape index (κ3) is 4.25. The highest BCUT2D eigenvalue weighted by Crippen LogP contribution is 2.24. The molecule has 1 aliphatic rings. The first-order valence-corrected chi connectivity index (χ1v) is 9.05. The fraction of sp³-hybridized carbons (Fsp3) is 0.526. The predicted octanol–water partition coefficient (Wildman–Crippen LogP) is 3.04. The molecule has 1 saturated heterocycles. The van der Waals surface area contributed by atoms with Crippen LogP contribution in [0.25, 0.3) is 11.3 Å². The van der Waals surface area contributed by atoms with E-state index in [4.69, 9.17) is 4.52 Å². The molecule has 0 unspecified atom stereocenters. The van der Waals surface area contributed by atoms with E-state index in [1.165, 1.54) is 25.8 Å².